The Bertz CT molecular complexity index is 314. The average Bonchev–Trinajstić information content (AvgIpc) is 2.95. The van der Waals surface area contributed by atoms with Crippen LogP contribution in [0.15, 0.2) is 0 Å². The summed E-state index contributed by atoms with van der Waals surface area (Å²) in [6.45, 7) is 6.53. The first kappa shape index (κ1) is 15.1. The van der Waals surface area contributed by atoms with E-state index < -0.39 is 0 Å². The molecule has 0 aromatic carbocycles. The van der Waals surface area contributed by atoms with E-state index in [2.05, 4.69) is 17.1 Å². The fourth-order valence-electron chi connectivity index (χ4n) is 4.17. The van der Waals surface area contributed by atoms with Gasteiger partial charge in [0.2, 0.25) is 5.91 Å². The van der Waals surface area contributed by atoms with Gasteiger partial charge in [-0.05, 0) is 50.6 Å². The minimum atomic E-state index is -0.0301. The maximum absolute atomic E-state index is 12.7. The second-order valence-corrected chi connectivity index (χ2v) is 6.82. The van der Waals surface area contributed by atoms with Gasteiger partial charge in [0.1, 0.15) is 0 Å². The molecule has 3 aliphatic rings. The van der Waals surface area contributed by atoms with E-state index in [0.717, 1.165) is 37.8 Å². The number of nitrogens with one attached hydrogen (secondary N) is 1. The van der Waals surface area contributed by atoms with E-state index in [0.29, 0.717) is 5.91 Å². The molecule has 0 bridgehead atoms. The second kappa shape index (κ2) is 6.01. The Labute approximate surface area is 122 Å². The van der Waals surface area contributed by atoms with Gasteiger partial charge in [0.15, 0.2) is 0 Å². The van der Waals surface area contributed by atoms with Crippen LogP contribution in [-0.4, -0.2) is 37.0 Å². The van der Waals surface area contributed by atoms with E-state index in [1.807, 2.05) is 0 Å². The molecule has 0 aromatic heterocycles. The second-order valence-electron chi connectivity index (χ2n) is 6.82. The number of amides is 1. The van der Waals surface area contributed by atoms with Crippen LogP contribution in [0.3, 0.4) is 0 Å². The summed E-state index contributed by atoms with van der Waals surface area (Å²) in [5.41, 5.74) is -0.0301. The number of carbonyl (C=O) groups excluding carboxylic acids is 1. The maximum atomic E-state index is 12.7. The summed E-state index contributed by atoms with van der Waals surface area (Å²) in [5, 5.41) is 3.50. The summed E-state index contributed by atoms with van der Waals surface area (Å²) in [7, 11) is 0. The molecule has 3 rings (SSSR count). The van der Waals surface area contributed by atoms with Gasteiger partial charge in [-0.15, -0.1) is 12.4 Å². The van der Waals surface area contributed by atoms with Crippen LogP contribution in [0.2, 0.25) is 0 Å². The van der Waals surface area contributed by atoms with Crippen LogP contribution in [0.4, 0.5) is 0 Å². The molecule has 0 spiro atoms. The molecule has 3 fully saturated rings. The van der Waals surface area contributed by atoms with E-state index in [9.17, 15) is 4.79 Å². The third-order valence-electron chi connectivity index (χ3n) is 5.53. The minimum absolute atomic E-state index is 0. The highest BCUT2D eigenvalue weighted by molar-refractivity contribution is 5.85. The van der Waals surface area contributed by atoms with Gasteiger partial charge in [-0.1, -0.05) is 19.8 Å². The molecule has 1 aliphatic carbocycles. The van der Waals surface area contributed by atoms with Crippen LogP contribution < -0.4 is 5.32 Å². The first-order valence-corrected chi connectivity index (χ1v) is 7.69. The number of halogens is 1. The fraction of sp³-hybridized carbons (Fsp3) is 0.933. The molecular weight excluding hydrogens is 260 g/mol. The lowest BCUT2D eigenvalue weighted by Crippen LogP contribution is -2.42. The minimum Gasteiger partial charge on any atom is -0.342 e. The van der Waals surface area contributed by atoms with Crippen molar-refractivity contribution in [1.82, 2.24) is 10.2 Å². The van der Waals surface area contributed by atoms with Crippen LogP contribution in [0, 0.1) is 17.3 Å². The Morgan fingerprint density at radius 3 is 2.16 bits per heavy atom. The number of fused-ring (bicyclic) bond motifs is 1. The summed E-state index contributed by atoms with van der Waals surface area (Å²) in [5.74, 6) is 2.09. The molecule has 1 amide bonds. The summed E-state index contributed by atoms with van der Waals surface area (Å²) < 4.78 is 0. The van der Waals surface area contributed by atoms with Gasteiger partial charge in [-0.3, -0.25) is 4.79 Å². The Morgan fingerprint density at radius 2 is 1.63 bits per heavy atom. The van der Waals surface area contributed by atoms with Crippen molar-refractivity contribution >= 4 is 18.3 Å². The zero-order valence-electron chi connectivity index (χ0n) is 12.0. The molecule has 3 nitrogen and oxygen atoms in total. The maximum Gasteiger partial charge on any atom is 0.228 e. The number of rotatable bonds is 1. The molecule has 2 atom stereocenters. The highest BCUT2D eigenvalue weighted by atomic mass is 35.5. The van der Waals surface area contributed by atoms with E-state index in [-0.39, 0.29) is 17.8 Å². The van der Waals surface area contributed by atoms with Gasteiger partial charge >= 0.3 is 0 Å². The quantitative estimate of drug-likeness (QED) is 0.803. The smallest absolute Gasteiger partial charge is 0.228 e. The van der Waals surface area contributed by atoms with Crippen LogP contribution in [0.1, 0.15) is 45.4 Å². The van der Waals surface area contributed by atoms with Crippen molar-refractivity contribution in [2.75, 3.05) is 26.2 Å². The number of carbonyl (C=O) groups is 1. The fourth-order valence-corrected chi connectivity index (χ4v) is 4.17. The lowest BCUT2D eigenvalue weighted by Gasteiger charge is -2.31. The predicted octanol–water partition coefficient (Wildman–Crippen LogP) is 2.45. The van der Waals surface area contributed by atoms with Crippen LogP contribution in [0.25, 0.3) is 0 Å². The molecule has 0 aromatic rings. The SMILES string of the molecule is CC1(C(=O)N2CC[C@@H]3CNC[C@@H]3CC2)CCCC1.Cl. The Hall–Kier alpha value is -0.280. The van der Waals surface area contributed by atoms with Crippen molar-refractivity contribution in [3.8, 4) is 0 Å². The van der Waals surface area contributed by atoms with Gasteiger partial charge < -0.3 is 10.2 Å². The zero-order chi connectivity index (χ0) is 12.6. The zero-order valence-corrected chi connectivity index (χ0v) is 12.8. The number of hydrogen-bond donors (Lipinski definition) is 1. The summed E-state index contributed by atoms with van der Waals surface area (Å²) in [4.78, 5) is 14.9. The molecule has 1 N–H and O–H groups in total. The summed E-state index contributed by atoms with van der Waals surface area (Å²) in [6, 6.07) is 0. The summed E-state index contributed by atoms with van der Waals surface area (Å²) >= 11 is 0. The van der Waals surface area contributed by atoms with Crippen LogP contribution in [0.5, 0.6) is 0 Å². The third kappa shape index (κ3) is 2.92. The standard InChI is InChI=1S/C15H26N2O.ClH/c1-15(6-2-3-7-15)14(18)17-8-4-12-10-16-11-13(12)5-9-17;/h12-13,16H,2-11H2,1H3;1H/t12-,13+;. The van der Waals surface area contributed by atoms with Gasteiger partial charge in [-0.2, -0.15) is 0 Å². The van der Waals surface area contributed by atoms with E-state index in [4.69, 9.17) is 0 Å². The number of hydrogen-bond acceptors (Lipinski definition) is 2. The lowest BCUT2D eigenvalue weighted by atomic mass is 9.87. The molecule has 19 heavy (non-hydrogen) atoms. The van der Waals surface area contributed by atoms with Gasteiger partial charge in [0, 0.05) is 18.5 Å². The van der Waals surface area contributed by atoms with E-state index in [1.54, 1.807) is 0 Å². The predicted molar refractivity (Wildman–Crippen MR) is 79.5 cm³/mol. The third-order valence-corrected chi connectivity index (χ3v) is 5.53. The molecular formula is C15H27ClN2O. The number of likely N-dealkylation sites (tertiary alicyclic amines) is 1. The molecule has 0 unspecified atom stereocenters. The molecule has 0 radical (unpaired) electrons. The van der Waals surface area contributed by atoms with Crippen molar-refractivity contribution < 1.29 is 4.79 Å². The van der Waals surface area contributed by atoms with Gasteiger partial charge in [0.05, 0.1) is 0 Å². The molecule has 110 valence electrons. The monoisotopic (exact) mass is 286 g/mol. The molecule has 2 aliphatic heterocycles. The molecule has 4 heteroatoms. The van der Waals surface area contributed by atoms with Crippen LogP contribution >= 0.6 is 12.4 Å². The van der Waals surface area contributed by atoms with E-state index >= 15 is 0 Å². The van der Waals surface area contributed by atoms with Gasteiger partial charge in [-0.25, -0.2) is 0 Å². The van der Waals surface area contributed by atoms with Crippen molar-refractivity contribution in [1.29, 1.82) is 0 Å². The average molecular weight is 287 g/mol. The topological polar surface area (TPSA) is 32.3 Å². The largest absolute Gasteiger partial charge is 0.342 e. The van der Waals surface area contributed by atoms with E-state index in [1.165, 1.54) is 38.8 Å². The van der Waals surface area contributed by atoms with Gasteiger partial charge in [0.25, 0.3) is 0 Å². The Kier molecular flexibility index (Phi) is 4.78. The normalized spacial score (nSPS) is 33.4. The molecule has 2 heterocycles. The first-order valence-electron chi connectivity index (χ1n) is 7.69. The Morgan fingerprint density at radius 1 is 1.11 bits per heavy atom. The van der Waals surface area contributed by atoms with Crippen molar-refractivity contribution in [3.05, 3.63) is 0 Å². The highest BCUT2D eigenvalue weighted by Crippen LogP contribution is 2.40. The van der Waals surface area contributed by atoms with Crippen LogP contribution in [-0.2, 0) is 4.79 Å². The van der Waals surface area contributed by atoms with Crippen molar-refractivity contribution in [2.45, 2.75) is 45.4 Å². The number of nitrogens with zero attached hydrogens (tertiary/aromatic N) is 1. The first-order chi connectivity index (χ1) is 8.69. The highest BCUT2D eigenvalue weighted by Gasteiger charge is 2.40. The molecule has 1 saturated carbocycles. The van der Waals surface area contributed by atoms with Crippen molar-refractivity contribution in [3.63, 3.8) is 0 Å². The summed E-state index contributed by atoms with van der Waals surface area (Å²) in [6.07, 6.45) is 7.11. The molecule has 2 saturated heterocycles. The van der Waals surface area contributed by atoms with Crippen molar-refractivity contribution in [2.24, 2.45) is 17.3 Å². The lowest BCUT2D eigenvalue weighted by molar-refractivity contribution is -0.141. The Balaban J connectivity index is 0.00000133.